The van der Waals surface area contributed by atoms with Gasteiger partial charge in [0.25, 0.3) is 0 Å². The van der Waals surface area contributed by atoms with E-state index in [1.54, 1.807) is 20.8 Å². The molecule has 0 bridgehead atoms. The molecule has 0 radical (unpaired) electrons. The van der Waals surface area contributed by atoms with Gasteiger partial charge in [-0.25, -0.2) is 4.79 Å². The zero-order chi connectivity index (χ0) is 13.1. The van der Waals surface area contributed by atoms with Crippen molar-refractivity contribution in [1.82, 2.24) is 4.90 Å². The molecule has 1 aliphatic rings. The number of nitrogens with zero attached hydrogens (tertiary/aromatic N) is 1. The first-order chi connectivity index (χ1) is 7.85. The van der Waals surface area contributed by atoms with Gasteiger partial charge in [0.1, 0.15) is 5.60 Å². The monoisotopic (exact) mass is 249 g/mol. The molecule has 0 aromatic heterocycles. The molecule has 0 N–H and O–H groups in total. The highest BCUT2D eigenvalue weighted by Crippen LogP contribution is 2.24. The van der Waals surface area contributed by atoms with E-state index in [1.807, 2.05) is 0 Å². The van der Waals surface area contributed by atoms with Gasteiger partial charge in [0.2, 0.25) is 0 Å². The zero-order valence-electron chi connectivity index (χ0n) is 10.7. The van der Waals surface area contributed by atoms with Crippen LogP contribution in [0.4, 0.5) is 13.6 Å². The summed E-state index contributed by atoms with van der Waals surface area (Å²) in [7, 11) is 0. The topological polar surface area (TPSA) is 29.5 Å². The van der Waals surface area contributed by atoms with Gasteiger partial charge < -0.3 is 9.64 Å². The molecule has 1 amide bonds. The van der Waals surface area contributed by atoms with E-state index >= 15 is 0 Å². The molecule has 5 heteroatoms. The summed E-state index contributed by atoms with van der Waals surface area (Å²) in [5.74, 6) is -0.533. The second kappa shape index (κ2) is 5.65. The van der Waals surface area contributed by atoms with Gasteiger partial charge in [-0.3, -0.25) is 8.78 Å². The maximum absolute atomic E-state index is 12.7. The minimum absolute atomic E-state index is 0.267. The fraction of sp³-hybridized carbons (Fsp3) is 0.917. The van der Waals surface area contributed by atoms with E-state index in [4.69, 9.17) is 4.74 Å². The van der Waals surface area contributed by atoms with E-state index in [0.717, 1.165) is 0 Å². The molecular weight excluding hydrogens is 228 g/mol. The molecule has 100 valence electrons. The standard InChI is InChI=1S/C12H21F2NO2/c1-12(2,3)17-11(16)15-7-9(5-13)4-10(6-14)8-15/h9-10H,4-8H2,1-3H3. The summed E-state index contributed by atoms with van der Waals surface area (Å²) in [5, 5.41) is 0. The van der Waals surface area contributed by atoms with Crippen molar-refractivity contribution in [3.8, 4) is 0 Å². The van der Waals surface area contributed by atoms with E-state index < -0.39 is 25.0 Å². The molecule has 2 unspecified atom stereocenters. The Bertz CT molecular complexity index is 254. The maximum Gasteiger partial charge on any atom is 0.410 e. The average Bonchev–Trinajstić information content (AvgIpc) is 2.26. The van der Waals surface area contributed by atoms with Crippen LogP contribution in [0.2, 0.25) is 0 Å². The first-order valence-corrected chi connectivity index (χ1v) is 5.95. The van der Waals surface area contributed by atoms with Crippen LogP contribution in [0.5, 0.6) is 0 Å². The highest BCUT2D eigenvalue weighted by molar-refractivity contribution is 5.68. The summed E-state index contributed by atoms with van der Waals surface area (Å²) in [4.78, 5) is 13.2. The number of carbonyl (C=O) groups is 1. The number of likely N-dealkylation sites (tertiary alicyclic amines) is 1. The molecule has 3 nitrogen and oxygen atoms in total. The third kappa shape index (κ3) is 4.48. The number of rotatable bonds is 2. The summed E-state index contributed by atoms with van der Waals surface area (Å²) < 4.78 is 30.5. The van der Waals surface area contributed by atoms with E-state index in [9.17, 15) is 13.6 Å². The molecule has 1 heterocycles. The van der Waals surface area contributed by atoms with E-state index in [2.05, 4.69) is 0 Å². The van der Waals surface area contributed by atoms with Crippen molar-refractivity contribution >= 4 is 6.09 Å². The van der Waals surface area contributed by atoms with Gasteiger partial charge in [0.15, 0.2) is 0 Å². The number of hydrogen-bond donors (Lipinski definition) is 0. The molecular formula is C12H21F2NO2. The summed E-state index contributed by atoms with van der Waals surface area (Å²) in [6.45, 7) is 4.92. The minimum atomic E-state index is -0.578. The third-order valence-electron chi connectivity index (χ3n) is 2.71. The molecule has 1 aliphatic heterocycles. The summed E-state index contributed by atoms with van der Waals surface area (Å²) in [6.07, 6.45) is 0.0286. The third-order valence-corrected chi connectivity index (χ3v) is 2.71. The van der Waals surface area contributed by atoms with Crippen LogP contribution < -0.4 is 0 Å². The highest BCUT2D eigenvalue weighted by Gasteiger charge is 2.32. The number of alkyl halides is 2. The Morgan fingerprint density at radius 1 is 1.24 bits per heavy atom. The number of halogens is 2. The highest BCUT2D eigenvalue weighted by atomic mass is 19.1. The second-order valence-corrected chi connectivity index (χ2v) is 5.66. The summed E-state index contributed by atoms with van der Waals surface area (Å²) in [6, 6.07) is 0. The van der Waals surface area contributed by atoms with Crippen LogP contribution in [-0.2, 0) is 4.74 Å². The van der Waals surface area contributed by atoms with Crippen LogP contribution in [0.15, 0.2) is 0 Å². The van der Waals surface area contributed by atoms with Crippen molar-refractivity contribution in [1.29, 1.82) is 0 Å². The number of piperidine rings is 1. The molecule has 0 aliphatic carbocycles. The fourth-order valence-electron chi connectivity index (χ4n) is 2.02. The molecule has 0 aromatic carbocycles. The fourth-order valence-corrected chi connectivity index (χ4v) is 2.02. The number of ether oxygens (including phenoxy) is 1. The van der Waals surface area contributed by atoms with Gasteiger partial charge in [0, 0.05) is 24.9 Å². The first kappa shape index (κ1) is 14.2. The Balaban J connectivity index is 2.59. The Morgan fingerprint density at radius 2 is 1.71 bits per heavy atom. The second-order valence-electron chi connectivity index (χ2n) is 5.66. The van der Waals surface area contributed by atoms with E-state index in [-0.39, 0.29) is 11.8 Å². The van der Waals surface area contributed by atoms with Crippen molar-refractivity contribution < 1.29 is 18.3 Å². The molecule has 0 spiro atoms. The van der Waals surface area contributed by atoms with Crippen LogP contribution in [0, 0.1) is 11.8 Å². The maximum atomic E-state index is 12.7. The number of amides is 1. The van der Waals surface area contributed by atoms with Crippen LogP contribution in [0.25, 0.3) is 0 Å². The summed E-state index contributed by atoms with van der Waals surface area (Å²) >= 11 is 0. The van der Waals surface area contributed by atoms with Crippen molar-refractivity contribution in [3.63, 3.8) is 0 Å². The van der Waals surface area contributed by atoms with E-state index in [1.165, 1.54) is 4.90 Å². The zero-order valence-corrected chi connectivity index (χ0v) is 10.7. The van der Waals surface area contributed by atoms with E-state index in [0.29, 0.717) is 19.5 Å². The largest absolute Gasteiger partial charge is 0.444 e. The van der Waals surface area contributed by atoms with Gasteiger partial charge in [-0.05, 0) is 27.2 Å². The van der Waals surface area contributed by atoms with Gasteiger partial charge in [0.05, 0.1) is 13.3 Å². The SMILES string of the molecule is CC(C)(C)OC(=O)N1CC(CF)CC(CF)C1. The van der Waals surface area contributed by atoms with Crippen LogP contribution in [0.3, 0.4) is 0 Å². The number of hydrogen-bond acceptors (Lipinski definition) is 2. The molecule has 0 saturated carbocycles. The lowest BCUT2D eigenvalue weighted by molar-refractivity contribution is 0.00616. The first-order valence-electron chi connectivity index (χ1n) is 5.95. The Labute approximate surface area is 101 Å². The van der Waals surface area contributed by atoms with Crippen LogP contribution >= 0.6 is 0 Å². The molecule has 1 saturated heterocycles. The molecule has 17 heavy (non-hydrogen) atoms. The molecule has 0 aromatic rings. The lowest BCUT2D eigenvalue weighted by Crippen LogP contribution is -2.47. The predicted molar refractivity (Wildman–Crippen MR) is 61.4 cm³/mol. The van der Waals surface area contributed by atoms with Gasteiger partial charge in [-0.2, -0.15) is 0 Å². The van der Waals surface area contributed by atoms with Gasteiger partial charge >= 0.3 is 6.09 Å². The lowest BCUT2D eigenvalue weighted by Gasteiger charge is -2.36. The Kier molecular flexibility index (Phi) is 4.71. The smallest absolute Gasteiger partial charge is 0.410 e. The predicted octanol–water partition coefficient (Wildman–Crippen LogP) is 2.80. The van der Waals surface area contributed by atoms with Crippen molar-refractivity contribution in [3.05, 3.63) is 0 Å². The van der Waals surface area contributed by atoms with Crippen molar-refractivity contribution in [2.24, 2.45) is 11.8 Å². The lowest BCUT2D eigenvalue weighted by atomic mass is 9.91. The number of carbonyl (C=O) groups excluding carboxylic acids is 1. The molecule has 1 fully saturated rings. The van der Waals surface area contributed by atoms with Crippen molar-refractivity contribution in [2.75, 3.05) is 26.4 Å². The van der Waals surface area contributed by atoms with Crippen molar-refractivity contribution in [2.45, 2.75) is 32.8 Å². The quantitative estimate of drug-likeness (QED) is 0.753. The molecule has 1 rings (SSSR count). The summed E-state index contributed by atoms with van der Waals surface area (Å²) in [5.41, 5.74) is -0.578. The van der Waals surface area contributed by atoms with Gasteiger partial charge in [-0.1, -0.05) is 0 Å². The Hall–Kier alpha value is -0.870. The Morgan fingerprint density at radius 3 is 2.06 bits per heavy atom. The normalized spacial score (nSPS) is 25.8. The minimum Gasteiger partial charge on any atom is -0.444 e. The van der Waals surface area contributed by atoms with Gasteiger partial charge in [-0.15, -0.1) is 0 Å². The van der Waals surface area contributed by atoms with Crippen LogP contribution in [0.1, 0.15) is 27.2 Å². The van der Waals surface area contributed by atoms with Crippen LogP contribution in [-0.4, -0.2) is 43.0 Å². The average molecular weight is 249 g/mol. The molecule has 2 atom stereocenters.